The Bertz CT molecular complexity index is 776. The molecule has 1 N–H and O–H groups in total. The molecule has 2 aromatic carbocycles. The zero-order valence-electron chi connectivity index (χ0n) is 15.5. The van der Waals surface area contributed by atoms with Gasteiger partial charge in [0.25, 0.3) is 0 Å². The molecule has 4 rings (SSSR count). The highest BCUT2D eigenvalue weighted by Crippen LogP contribution is 2.40. The van der Waals surface area contributed by atoms with E-state index in [1.54, 1.807) is 7.11 Å². The van der Waals surface area contributed by atoms with E-state index in [1.807, 2.05) is 12.1 Å². The van der Waals surface area contributed by atoms with Crippen molar-refractivity contribution < 1.29 is 14.2 Å². The van der Waals surface area contributed by atoms with Gasteiger partial charge in [-0.15, -0.1) is 0 Å². The molecule has 1 unspecified atom stereocenters. The Morgan fingerprint density at radius 1 is 1.15 bits per heavy atom. The van der Waals surface area contributed by atoms with Gasteiger partial charge >= 0.3 is 0 Å². The molecular formula is C21H25BrN2O3. The lowest BCUT2D eigenvalue weighted by Gasteiger charge is -2.28. The first-order valence-electron chi connectivity index (χ1n) is 9.41. The molecule has 0 saturated carbocycles. The SMILES string of the molecule is COc1ccc(C(CNCc2cc(Br)c3c(c2)OCO3)N2CCCC2)cc1. The van der Waals surface area contributed by atoms with Crippen LogP contribution in [0.1, 0.15) is 30.0 Å². The predicted molar refractivity (Wildman–Crippen MR) is 109 cm³/mol. The highest BCUT2D eigenvalue weighted by atomic mass is 79.9. The summed E-state index contributed by atoms with van der Waals surface area (Å²) in [4.78, 5) is 2.57. The number of nitrogens with zero attached hydrogens (tertiary/aromatic N) is 1. The molecule has 0 aliphatic carbocycles. The van der Waals surface area contributed by atoms with E-state index >= 15 is 0 Å². The fourth-order valence-corrected chi connectivity index (χ4v) is 4.42. The lowest BCUT2D eigenvalue weighted by molar-refractivity contribution is 0.173. The van der Waals surface area contributed by atoms with Gasteiger partial charge in [-0.2, -0.15) is 0 Å². The zero-order valence-corrected chi connectivity index (χ0v) is 17.1. The number of benzene rings is 2. The van der Waals surface area contributed by atoms with Gasteiger partial charge in [0.2, 0.25) is 6.79 Å². The minimum atomic E-state index is 0.291. The first kappa shape index (κ1) is 18.6. The molecule has 2 aromatic rings. The maximum absolute atomic E-state index is 5.52. The second-order valence-electron chi connectivity index (χ2n) is 6.97. The fraction of sp³-hybridized carbons (Fsp3) is 0.429. The van der Waals surface area contributed by atoms with Crippen molar-refractivity contribution in [3.8, 4) is 17.2 Å². The second kappa shape index (κ2) is 8.50. The molecule has 0 bridgehead atoms. The van der Waals surface area contributed by atoms with E-state index in [2.05, 4.69) is 50.4 Å². The molecule has 1 saturated heterocycles. The molecule has 0 spiro atoms. The van der Waals surface area contributed by atoms with E-state index in [4.69, 9.17) is 14.2 Å². The average molecular weight is 433 g/mol. The van der Waals surface area contributed by atoms with Gasteiger partial charge in [-0.3, -0.25) is 4.90 Å². The van der Waals surface area contributed by atoms with Crippen molar-refractivity contribution in [3.05, 3.63) is 52.0 Å². The minimum Gasteiger partial charge on any atom is -0.497 e. The summed E-state index contributed by atoms with van der Waals surface area (Å²) in [5.74, 6) is 2.51. The molecule has 144 valence electrons. The van der Waals surface area contributed by atoms with Gasteiger partial charge in [0.05, 0.1) is 11.6 Å². The van der Waals surface area contributed by atoms with Gasteiger partial charge in [-0.05, 0) is 77.3 Å². The van der Waals surface area contributed by atoms with Gasteiger partial charge in [0, 0.05) is 19.1 Å². The molecule has 1 fully saturated rings. The van der Waals surface area contributed by atoms with Crippen LogP contribution in [0.15, 0.2) is 40.9 Å². The van der Waals surface area contributed by atoms with Crippen molar-refractivity contribution in [2.45, 2.75) is 25.4 Å². The van der Waals surface area contributed by atoms with E-state index < -0.39 is 0 Å². The molecule has 2 heterocycles. The van der Waals surface area contributed by atoms with Gasteiger partial charge in [-0.25, -0.2) is 0 Å². The molecule has 6 heteroatoms. The number of hydrogen-bond donors (Lipinski definition) is 1. The van der Waals surface area contributed by atoms with Gasteiger partial charge < -0.3 is 19.5 Å². The molecule has 0 amide bonds. The summed E-state index contributed by atoms with van der Waals surface area (Å²) >= 11 is 3.57. The van der Waals surface area contributed by atoms with Crippen LogP contribution in [0.3, 0.4) is 0 Å². The predicted octanol–water partition coefficient (Wildman–Crippen LogP) is 4.11. The van der Waals surface area contributed by atoms with E-state index in [-0.39, 0.29) is 0 Å². The van der Waals surface area contributed by atoms with E-state index in [1.165, 1.54) is 24.0 Å². The summed E-state index contributed by atoms with van der Waals surface area (Å²) in [6.45, 7) is 4.30. The van der Waals surface area contributed by atoms with Crippen LogP contribution >= 0.6 is 15.9 Å². The zero-order chi connectivity index (χ0) is 18.6. The summed E-state index contributed by atoms with van der Waals surface area (Å²) < 4.78 is 17.2. The molecule has 1 atom stereocenters. The molecule has 27 heavy (non-hydrogen) atoms. The molecular weight excluding hydrogens is 408 g/mol. The van der Waals surface area contributed by atoms with Crippen molar-refractivity contribution in [1.82, 2.24) is 10.2 Å². The summed E-state index contributed by atoms with van der Waals surface area (Å²) in [5.41, 5.74) is 2.51. The molecule has 2 aliphatic rings. The Hall–Kier alpha value is -1.76. The molecule has 5 nitrogen and oxygen atoms in total. The Balaban J connectivity index is 1.43. The number of methoxy groups -OCH3 is 1. The smallest absolute Gasteiger partial charge is 0.231 e. The van der Waals surface area contributed by atoms with Crippen LogP contribution < -0.4 is 19.5 Å². The van der Waals surface area contributed by atoms with Crippen LogP contribution in [0.2, 0.25) is 0 Å². The lowest BCUT2D eigenvalue weighted by Crippen LogP contribution is -2.34. The van der Waals surface area contributed by atoms with Crippen molar-refractivity contribution in [2.75, 3.05) is 33.5 Å². The highest BCUT2D eigenvalue weighted by molar-refractivity contribution is 9.10. The van der Waals surface area contributed by atoms with Gasteiger partial charge in [0.15, 0.2) is 11.5 Å². The van der Waals surface area contributed by atoms with Crippen LogP contribution in [-0.2, 0) is 6.54 Å². The molecule has 2 aliphatic heterocycles. The second-order valence-corrected chi connectivity index (χ2v) is 7.83. The molecule has 0 aromatic heterocycles. The Morgan fingerprint density at radius 2 is 1.93 bits per heavy atom. The minimum absolute atomic E-state index is 0.291. The quantitative estimate of drug-likeness (QED) is 0.712. The number of fused-ring (bicyclic) bond motifs is 1. The number of rotatable bonds is 7. The van der Waals surface area contributed by atoms with Gasteiger partial charge in [-0.1, -0.05) is 12.1 Å². The standard InChI is InChI=1S/C21H25BrN2O3/c1-25-17-6-4-16(5-7-17)19(24-8-2-3-9-24)13-23-12-15-10-18(22)21-20(11-15)26-14-27-21/h4-7,10-11,19,23H,2-3,8-9,12-14H2,1H3. The third kappa shape index (κ3) is 4.23. The number of ether oxygens (including phenoxy) is 3. The third-order valence-corrected chi connectivity index (χ3v) is 5.82. The summed E-state index contributed by atoms with van der Waals surface area (Å²) in [7, 11) is 1.71. The van der Waals surface area contributed by atoms with Gasteiger partial charge in [0.1, 0.15) is 5.75 Å². The van der Waals surface area contributed by atoms with Crippen molar-refractivity contribution in [3.63, 3.8) is 0 Å². The van der Waals surface area contributed by atoms with E-state index in [0.717, 1.165) is 47.9 Å². The Kier molecular flexibility index (Phi) is 5.86. The van der Waals surface area contributed by atoms with Crippen LogP contribution in [0, 0.1) is 0 Å². The topological polar surface area (TPSA) is 43.0 Å². The van der Waals surface area contributed by atoms with Crippen molar-refractivity contribution >= 4 is 15.9 Å². The van der Waals surface area contributed by atoms with Crippen LogP contribution in [0.25, 0.3) is 0 Å². The first-order chi connectivity index (χ1) is 13.2. The fourth-order valence-electron chi connectivity index (χ4n) is 3.81. The lowest BCUT2D eigenvalue weighted by atomic mass is 10.0. The first-order valence-corrected chi connectivity index (χ1v) is 10.2. The highest BCUT2D eigenvalue weighted by Gasteiger charge is 2.23. The van der Waals surface area contributed by atoms with E-state index in [9.17, 15) is 0 Å². The number of halogens is 1. The van der Waals surface area contributed by atoms with E-state index in [0.29, 0.717) is 12.8 Å². The monoisotopic (exact) mass is 432 g/mol. The Morgan fingerprint density at radius 3 is 2.67 bits per heavy atom. The maximum Gasteiger partial charge on any atom is 0.231 e. The molecule has 0 radical (unpaired) electrons. The van der Waals surface area contributed by atoms with Crippen LogP contribution in [0.5, 0.6) is 17.2 Å². The van der Waals surface area contributed by atoms with Crippen molar-refractivity contribution in [1.29, 1.82) is 0 Å². The third-order valence-electron chi connectivity index (χ3n) is 5.24. The van der Waals surface area contributed by atoms with Crippen LogP contribution in [-0.4, -0.2) is 38.4 Å². The average Bonchev–Trinajstić information content (AvgIpc) is 3.37. The Labute approximate surface area is 168 Å². The van der Waals surface area contributed by atoms with Crippen molar-refractivity contribution in [2.24, 2.45) is 0 Å². The summed E-state index contributed by atoms with van der Waals surface area (Å²) in [5, 5.41) is 3.63. The summed E-state index contributed by atoms with van der Waals surface area (Å²) in [6.07, 6.45) is 2.56. The maximum atomic E-state index is 5.52. The summed E-state index contributed by atoms with van der Waals surface area (Å²) in [6, 6.07) is 13.0. The number of nitrogens with one attached hydrogen (secondary N) is 1. The van der Waals surface area contributed by atoms with Crippen LogP contribution in [0.4, 0.5) is 0 Å². The normalized spacial score (nSPS) is 17.3. The number of likely N-dealkylation sites (tertiary alicyclic amines) is 1. The largest absolute Gasteiger partial charge is 0.497 e. The number of hydrogen-bond acceptors (Lipinski definition) is 5.